The molecule has 0 atom stereocenters. The van der Waals surface area contributed by atoms with E-state index in [1.807, 2.05) is 0 Å². The van der Waals surface area contributed by atoms with Gasteiger partial charge in [0.05, 0.1) is 5.75 Å². The molecule has 0 amide bonds. The SMILES string of the molecule is C=CC(=O)O.C=CCS(=O)(=O)C=C. The summed E-state index contributed by atoms with van der Waals surface area (Å²) in [7, 11) is -3.02. The van der Waals surface area contributed by atoms with E-state index in [2.05, 4.69) is 19.7 Å². The smallest absolute Gasteiger partial charge is 0.327 e. The molecule has 0 aromatic rings. The summed E-state index contributed by atoms with van der Waals surface area (Å²) < 4.78 is 20.8. The van der Waals surface area contributed by atoms with Crippen molar-refractivity contribution < 1.29 is 18.3 Å². The molecule has 5 heteroatoms. The highest BCUT2D eigenvalue weighted by Crippen LogP contribution is 1.88. The molecule has 0 aromatic carbocycles. The Morgan fingerprint density at radius 1 is 1.31 bits per heavy atom. The number of carboxylic acids is 1. The van der Waals surface area contributed by atoms with Crippen LogP contribution >= 0.6 is 0 Å². The maximum absolute atomic E-state index is 10.4. The largest absolute Gasteiger partial charge is 0.478 e. The van der Waals surface area contributed by atoms with Gasteiger partial charge < -0.3 is 5.11 Å². The van der Waals surface area contributed by atoms with Crippen molar-refractivity contribution >= 4 is 15.8 Å². The van der Waals surface area contributed by atoms with Crippen LogP contribution in [0, 0.1) is 0 Å². The zero-order chi connectivity index (χ0) is 10.9. The molecule has 1 N–H and O–H groups in total. The Morgan fingerprint density at radius 2 is 1.69 bits per heavy atom. The maximum atomic E-state index is 10.4. The highest BCUT2D eigenvalue weighted by Gasteiger charge is 1.97. The van der Waals surface area contributed by atoms with Crippen LogP contribution in [-0.2, 0) is 14.6 Å². The second-order valence-electron chi connectivity index (χ2n) is 1.83. The molecule has 0 saturated carbocycles. The predicted molar refractivity (Wildman–Crippen MR) is 52.0 cm³/mol. The monoisotopic (exact) mass is 204 g/mol. The van der Waals surface area contributed by atoms with Crippen molar-refractivity contribution in [1.82, 2.24) is 0 Å². The lowest BCUT2D eigenvalue weighted by molar-refractivity contribution is -0.131. The Kier molecular flexibility index (Phi) is 7.96. The number of hydrogen-bond donors (Lipinski definition) is 1. The topological polar surface area (TPSA) is 71.4 Å². The van der Waals surface area contributed by atoms with Gasteiger partial charge in [-0.3, -0.25) is 0 Å². The molecule has 13 heavy (non-hydrogen) atoms. The Bertz CT molecular complexity index is 287. The summed E-state index contributed by atoms with van der Waals surface area (Å²) in [6.07, 6.45) is 2.16. The number of carbonyl (C=O) groups is 1. The van der Waals surface area contributed by atoms with Gasteiger partial charge in [-0.25, -0.2) is 13.2 Å². The lowest BCUT2D eigenvalue weighted by Gasteiger charge is -1.86. The van der Waals surface area contributed by atoms with Gasteiger partial charge in [0.2, 0.25) is 0 Å². The molecule has 0 aliphatic rings. The fraction of sp³-hybridized carbons (Fsp3) is 0.125. The van der Waals surface area contributed by atoms with Gasteiger partial charge >= 0.3 is 5.97 Å². The third kappa shape index (κ3) is 13.6. The Balaban J connectivity index is 0. The van der Waals surface area contributed by atoms with Gasteiger partial charge in [-0.2, -0.15) is 0 Å². The first-order valence-electron chi connectivity index (χ1n) is 3.21. The highest BCUT2D eigenvalue weighted by atomic mass is 32.2. The van der Waals surface area contributed by atoms with Gasteiger partial charge in [-0.1, -0.05) is 19.2 Å². The normalized spacial score (nSPS) is 8.92. The third-order valence-electron chi connectivity index (χ3n) is 0.779. The minimum atomic E-state index is -3.02. The number of sulfone groups is 1. The van der Waals surface area contributed by atoms with Crippen molar-refractivity contribution in [2.24, 2.45) is 0 Å². The molecule has 4 nitrogen and oxygen atoms in total. The summed E-state index contributed by atoms with van der Waals surface area (Å²) >= 11 is 0. The van der Waals surface area contributed by atoms with Gasteiger partial charge in [-0.05, 0) is 0 Å². The maximum Gasteiger partial charge on any atom is 0.327 e. The first-order valence-corrected chi connectivity index (χ1v) is 4.92. The summed E-state index contributed by atoms with van der Waals surface area (Å²) in [6, 6.07) is 0. The van der Waals surface area contributed by atoms with E-state index >= 15 is 0 Å². The number of hydrogen-bond acceptors (Lipinski definition) is 3. The zero-order valence-electron chi connectivity index (χ0n) is 7.14. The summed E-state index contributed by atoms with van der Waals surface area (Å²) in [5.74, 6) is -0.999. The van der Waals surface area contributed by atoms with Crippen LogP contribution in [0.5, 0.6) is 0 Å². The van der Waals surface area contributed by atoms with Gasteiger partial charge in [0.15, 0.2) is 9.84 Å². The van der Waals surface area contributed by atoms with Gasteiger partial charge in [-0.15, -0.1) is 6.58 Å². The minimum Gasteiger partial charge on any atom is -0.478 e. The first kappa shape index (κ1) is 14.2. The fourth-order valence-electron chi connectivity index (χ4n) is 0.232. The van der Waals surface area contributed by atoms with Gasteiger partial charge in [0, 0.05) is 11.5 Å². The van der Waals surface area contributed by atoms with Crippen LogP contribution in [0.25, 0.3) is 0 Å². The quantitative estimate of drug-likeness (QED) is 0.547. The molecule has 0 aliphatic carbocycles. The minimum absolute atomic E-state index is 0.0174. The fourth-order valence-corrected chi connectivity index (χ4v) is 0.697. The van der Waals surface area contributed by atoms with Crippen LogP contribution in [-0.4, -0.2) is 25.2 Å². The van der Waals surface area contributed by atoms with Crippen molar-refractivity contribution in [3.05, 3.63) is 37.3 Å². The molecule has 0 aliphatic heterocycles. The second kappa shape index (κ2) is 7.30. The van der Waals surface area contributed by atoms with E-state index in [0.29, 0.717) is 0 Å². The number of rotatable bonds is 4. The molecule has 0 heterocycles. The zero-order valence-corrected chi connectivity index (χ0v) is 7.96. The van der Waals surface area contributed by atoms with E-state index in [9.17, 15) is 13.2 Å². The van der Waals surface area contributed by atoms with E-state index in [4.69, 9.17) is 5.11 Å². The summed E-state index contributed by atoms with van der Waals surface area (Å²) in [5, 5.41) is 8.53. The van der Waals surface area contributed by atoms with E-state index in [0.717, 1.165) is 11.5 Å². The van der Waals surface area contributed by atoms with Gasteiger partial charge in [0.25, 0.3) is 0 Å². The van der Waals surface area contributed by atoms with Crippen molar-refractivity contribution in [3.8, 4) is 0 Å². The summed E-state index contributed by atoms with van der Waals surface area (Å²) in [6.45, 7) is 9.34. The standard InChI is InChI=1S/C5H8O2S.C3H4O2/c1-3-5-8(6,7)4-2;1-2-3(4)5/h3-4H,1-2,5H2;2H,1H2,(H,4,5). The van der Waals surface area contributed by atoms with Crippen LogP contribution < -0.4 is 0 Å². The molecule has 0 saturated heterocycles. The molecule has 0 rings (SSSR count). The number of aliphatic carboxylic acids is 1. The molecule has 0 unspecified atom stereocenters. The molecular weight excluding hydrogens is 192 g/mol. The average molecular weight is 204 g/mol. The van der Waals surface area contributed by atoms with Crippen molar-refractivity contribution in [1.29, 1.82) is 0 Å². The molecular formula is C8H12O4S. The van der Waals surface area contributed by atoms with E-state index < -0.39 is 15.8 Å². The molecule has 0 spiro atoms. The van der Waals surface area contributed by atoms with Gasteiger partial charge in [0.1, 0.15) is 0 Å². The van der Waals surface area contributed by atoms with E-state index in [-0.39, 0.29) is 5.75 Å². The van der Waals surface area contributed by atoms with Crippen molar-refractivity contribution in [3.63, 3.8) is 0 Å². The van der Waals surface area contributed by atoms with Crippen LogP contribution in [0.2, 0.25) is 0 Å². The lowest BCUT2D eigenvalue weighted by atomic mass is 10.7. The molecule has 74 valence electrons. The van der Waals surface area contributed by atoms with Crippen LogP contribution in [0.4, 0.5) is 0 Å². The van der Waals surface area contributed by atoms with Crippen molar-refractivity contribution in [2.45, 2.75) is 0 Å². The van der Waals surface area contributed by atoms with E-state index in [1.165, 1.54) is 6.08 Å². The van der Waals surface area contributed by atoms with Crippen LogP contribution in [0.15, 0.2) is 37.3 Å². The lowest BCUT2D eigenvalue weighted by Crippen LogP contribution is -1.96. The average Bonchev–Trinajstić information content (AvgIpc) is 2.05. The first-order chi connectivity index (χ1) is 5.89. The van der Waals surface area contributed by atoms with Crippen LogP contribution in [0.1, 0.15) is 0 Å². The number of carboxylic acid groups (broad SMARTS) is 1. The Morgan fingerprint density at radius 3 is 1.77 bits per heavy atom. The van der Waals surface area contributed by atoms with E-state index in [1.54, 1.807) is 0 Å². The summed E-state index contributed by atoms with van der Waals surface area (Å²) in [5.41, 5.74) is 0. The summed E-state index contributed by atoms with van der Waals surface area (Å²) in [4.78, 5) is 9.25. The predicted octanol–water partition coefficient (Wildman–Crippen LogP) is 0.988. The molecule has 0 radical (unpaired) electrons. The highest BCUT2D eigenvalue weighted by molar-refractivity contribution is 7.94. The molecule has 0 fully saturated rings. The molecule has 0 bridgehead atoms. The third-order valence-corrected chi connectivity index (χ3v) is 1.99. The van der Waals surface area contributed by atoms with Crippen LogP contribution in [0.3, 0.4) is 0 Å². The Labute approximate surface area is 77.8 Å². The Hall–Kier alpha value is -1.36. The second-order valence-corrected chi connectivity index (χ2v) is 3.82. The molecule has 0 aromatic heterocycles. The van der Waals surface area contributed by atoms with Crippen molar-refractivity contribution in [2.75, 3.05) is 5.75 Å².